The molecule has 1 amide bonds. The van der Waals surface area contributed by atoms with Gasteiger partial charge in [-0.1, -0.05) is 29.8 Å². The van der Waals surface area contributed by atoms with Crippen molar-refractivity contribution in [2.45, 2.75) is 32.7 Å². The zero-order chi connectivity index (χ0) is 16.2. The Bertz CT molecular complexity index is 662. The van der Waals surface area contributed by atoms with Gasteiger partial charge in [0.15, 0.2) is 5.13 Å². The summed E-state index contributed by atoms with van der Waals surface area (Å²) in [6.07, 6.45) is 3.25. The Kier molecular flexibility index (Phi) is 6.63. The van der Waals surface area contributed by atoms with Gasteiger partial charge in [-0.15, -0.1) is 23.7 Å². The average molecular weight is 366 g/mol. The van der Waals surface area contributed by atoms with Gasteiger partial charge in [-0.3, -0.25) is 4.79 Å². The number of nitrogens with zero attached hydrogens (tertiary/aromatic N) is 3. The first-order valence-corrected chi connectivity index (χ1v) is 9.01. The van der Waals surface area contributed by atoms with Gasteiger partial charge in [0.1, 0.15) is 0 Å². The van der Waals surface area contributed by atoms with E-state index in [4.69, 9.17) is 0 Å². The standard InChI is InChI=1S/C18H23N3OS.ClH/c1-14-4-3-5-16(12-14)6-7-17(22)21-10-9-20(13-15(21)2)18-19-8-11-23-18;/h3-5,8,11-12,15H,6-7,9-10,13H2,1-2H3;1H. The van der Waals surface area contributed by atoms with Crippen LogP contribution in [0.3, 0.4) is 0 Å². The lowest BCUT2D eigenvalue weighted by Gasteiger charge is -2.39. The van der Waals surface area contributed by atoms with E-state index in [1.54, 1.807) is 11.3 Å². The molecule has 1 atom stereocenters. The smallest absolute Gasteiger partial charge is 0.223 e. The molecule has 1 aromatic carbocycles. The van der Waals surface area contributed by atoms with E-state index in [0.29, 0.717) is 6.42 Å². The van der Waals surface area contributed by atoms with Crippen LogP contribution in [0.2, 0.25) is 0 Å². The Morgan fingerprint density at radius 1 is 1.38 bits per heavy atom. The van der Waals surface area contributed by atoms with Crippen molar-refractivity contribution < 1.29 is 4.79 Å². The van der Waals surface area contributed by atoms with Crippen molar-refractivity contribution in [1.82, 2.24) is 9.88 Å². The summed E-state index contributed by atoms with van der Waals surface area (Å²) in [5.41, 5.74) is 2.49. The van der Waals surface area contributed by atoms with E-state index >= 15 is 0 Å². The van der Waals surface area contributed by atoms with Gasteiger partial charge in [0.05, 0.1) is 0 Å². The molecule has 1 aliphatic heterocycles. The fourth-order valence-corrected chi connectivity index (χ4v) is 3.82. The van der Waals surface area contributed by atoms with Crippen molar-refractivity contribution in [3.8, 4) is 0 Å². The van der Waals surface area contributed by atoms with Crippen LogP contribution in [0.5, 0.6) is 0 Å². The van der Waals surface area contributed by atoms with Crippen molar-refractivity contribution in [2.24, 2.45) is 0 Å². The predicted octanol–water partition coefficient (Wildman–Crippen LogP) is 3.54. The molecular formula is C18H24ClN3OS. The Labute approximate surface area is 153 Å². The van der Waals surface area contributed by atoms with E-state index < -0.39 is 0 Å². The number of anilines is 1. The van der Waals surface area contributed by atoms with Crippen LogP contribution in [-0.4, -0.2) is 41.5 Å². The summed E-state index contributed by atoms with van der Waals surface area (Å²) in [5.74, 6) is 0.262. The first-order valence-electron chi connectivity index (χ1n) is 8.13. The Hall–Kier alpha value is -1.59. The number of aromatic nitrogens is 1. The number of benzene rings is 1. The molecule has 24 heavy (non-hydrogen) atoms. The second-order valence-electron chi connectivity index (χ2n) is 6.19. The number of hydrogen-bond acceptors (Lipinski definition) is 4. The topological polar surface area (TPSA) is 36.4 Å². The van der Waals surface area contributed by atoms with Gasteiger partial charge >= 0.3 is 0 Å². The van der Waals surface area contributed by atoms with Gasteiger partial charge in [-0.05, 0) is 25.8 Å². The summed E-state index contributed by atoms with van der Waals surface area (Å²) in [5, 5.41) is 3.06. The largest absolute Gasteiger partial charge is 0.344 e. The number of carbonyl (C=O) groups is 1. The number of rotatable bonds is 4. The molecule has 2 aromatic rings. The lowest BCUT2D eigenvalue weighted by Crippen LogP contribution is -2.54. The summed E-state index contributed by atoms with van der Waals surface area (Å²) < 4.78 is 0. The molecule has 3 rings (SSSR count). The minimum Gasteiger partial charge on any atom is -0.344 e. The highest BCUT2D eigenvalue weighted by Gasteiger charge is 2.27. The van der Waals surface area contributed by atoms with Crippen molar-refractivity contribution in [3.63, 3.8) is 0 Å². The third kappa shape index (κ3) is 4.48. The molecule has 0 spiro atoms. The number of aryl methyl sites for hydroxylation is 2. The zero-order valence-electron chi connectivity index (χ0n) is 14.1. The minimum absolute atomic E-state index is 0. The van der Waals surface area contributed by atoms with Crippen molar-refractivity contribution in [2.75, 3.05) is 24.5 Å². The first kappa shape index (κ1) is 18.7. The Balaban J connectivity index is 0.00000208. The van der Waals surface area contributed by atoms with E-state index in [2.05, 4.69) is 48.0 Å². The third-order valence-corrected chi connectivity index (χ3v) is 5.18. The first-order chi connectivity index (χ1) is 11.1. The fourth-order valence-electron chi connectivity index (χ4n) is 3.14. The maximum Gasteiger partial charge on any atom is 0.223 e. The van der Waals surface area contributed by atoms with Gasteiger partial charge in [-0.2, -0.15) is 0 Å². The van der Waals surface area contributed by atoms with Crippen LogP contribution in [-0.2, 0) is 11.2 Å². The van der Waals surface area contributed by atoms with Gasteiger partial charge in [-0.25, -0.2) is 4.98 Å². The van der Waals surface area contributed by atoms with Crippen LogP contribution < -0.4 is 4.90 Å². The van der Waals surface area contributed by atoms with Gasteiger partial charge < -0.3 is 9.80 Å². The average Bonchev–Trinajstić information content (AvgIpc) is 3.07. The SMILES string of the molecule is Cc1cccc(CCC(=O)N2CCN(c3nccs3)CC2C)c1.Cl. The van der Waals surface area contributed by atoms with E-state index in [0.717, 1.165) is 31.2 Å². The number of carbonyl (C=O) groups excluding carboxylic acids is 1. The maximum atomic E-state index is 12.6. The predicted molar refractivity (Wildman–Crippen MR) is 102 cm³/mol. The summed E-state index contributed by atoms with van der Waals surface area (Å²) >= 11 is 1.66. The Morgan fingerprint density at radius 2 is 2.21 bits per heavy atom. The molecular weight excluding hydrogens is 342 g/mol. The molecule has 0 saturated carbocycles. The third-order valence-electron chi connectivity index (χ3n) is 4.35. The molecule has 0 N–H and O–H groups in total. The highest BCUT2D eigenvalue weighted by atomic mass is 35.5. The molecule has 130 valence electrons. The number of thiazole rings is 1. The molecule has 1 aromatic heterocycles. The molecule has 1 aliphatic rings. The van der Waals surface area contributed by atoms with E-state index in [9.17, 15) is 4.79 Å². The summed E-state index contributed by atoms with van der Waals surface area (Å²) in [6.45, 7) is 6.74. The van der Waals surface area contributed by atoms with E-state index in [1.165, 1.54) is 11.1 Å². The molecule has 1 fully saturated rings. The molecule has 4 nitrogen and oxygen atoms in total. The van der Waals surface area contributed by atoms with Crippen LogP contribution in [0.1, 0.15) is 24.5 Å². The van der Waals surface area contributed by atoms with Crippen LogP contribution in [0, 0.1) is 6.92 Å². The van der Waals surface area contributed by atoms with Gasteiger partial charge in [0.2, 0.25) is 5.91 Å². The normalized spacial score (nSPS) is 17.5. The van der Waals surface area contributed by atoms with Crippen LogP contribution in [0.25, 0.3) is 0 Å². The monoisotopic (exact) mass is 365 g/mol. The van der Waals surface area contributed by atoms with Crippen LogP contribution in [0.15, 0.2) is 35.8 Å². The molecule has 0 bridgehead atoms. The molecule has 0 radical (unpaired) electrons. The van der Waals surface area contributed by atoms with Crippen molar-refractivity contribution in [1.29, 1.82) is 0 Å². The summed E-state index contributed by atoms with van der Waals surface area (Å²) in [7, 11) is 0. The molecule has 6 heteroatoms. The number of halogens is 1. The molecule has 1 saturated heterocycles. The Morgan fingerprint density at radius 3 is 2.88 bits per heavy atom. The maximum absolute atomic E-state index is 12.6. The number of hydrogen-bond donors (Lipinski definition) is 0. The molecule has 2 heterocycles. The fraction of sp³-hybridized carbons (Fsp3) is 0.444. The minimum atomic E-state index is 0. The van der Waals surface area contributed by atoms with Gasteiger partial charge in [0, 0.05) is 43.7 Å². The van der Waals surface area contributed by atoms with Crippen LogP contribution in [0.4, 0.5) is 5.13 Å². The van der Waals surface area contributed by atoms with E-state index in [-0.39, 0.29) is 24.4 Å². The number of amides is 1. The van der Waals surface area contributed by atoms with Crippen LogP contribution >= 0.6 is 23.7 Å². The molecule has 1 unspecified atom stereocenters. The highest BCUT2D eigenvalue weighted by Crippen LogP contribution is 2.22. The lowest BCUT2D eigenvalue weighted by molar-refractivity contribution is -0.133. The highest BCUT2D eigenvalue weighted by molar-refractivity contribution is 7.13. The quantitative estimate of drug-likeness (QED) is 0.831. The zero-order valence-corrected chi connectivity index (χ0v) is 15.8. The summed E-state index contributed by atoms with van der Waals surface area (Å²) in [6, 6.07) is 8.65. The lowest BCUT2D eigenvalue weighted by atomic mass is 10.1. The number of piperazine rings is 1. The van der Waals surface area contributed by atoms with Gasteiger partial charge in [0.25, 0.3) is 0 Å². The van der Waals surface area contributed by atoms with Crippen molar-refractivity contribution >= 4 is 34.8 Å². The second kappa shape index (κ2) is 8.49. The summed E-state index contributed by atoms with van der Waals surface area (Å²) in [4.78, 5) is 21.2. The molecule has 0 aliphatic carbocycles. The second-order valence-corrected chi connectivity index (χ2v) is 7.06. The van der Waals surface area contributed by atoms with E-state index in [1.807, 2.05) is 16.5 Å². The van der Waals surface area contributed by atoms with Crippen molar-refractivity contribution in [3.05, 3.63) is 47.0 Å².